The van der Waals surface area contributed by atoms with E-state index in [0.29, 0.717) is 18.9 Å². The lowest BCUT2D eigenvalue weighted by Gasteiger charge is -2.33. The normalized spacial score (nSPS) is 18.6. The summed E-state index contributed by atoms with van der Waals surface area (Å²) in [6, 6.07) is 5.88. The van der Waals surface area contributed by atoms with Crippen molar-refractivity contribution < 1.29 is 14.3 Å². The summed E-state index contributed by atoms with van der Waals surface area (Å²) in [5.41, 5.74) is 2.03. The lowest BCUT2D eigenvalue weighted by molar-refractivity contribution is -0.121. The Morgan fingerprint density at radius 1 is 1.46 bits per heavy atom. The molecule has 1 aliphatic rings. The second-order valence-corrected chi connectivity index (χ2v) is 6.93. The molecule has 1 aromatic rings. The van der Waals surface area contributed by atoms with Crippen molar-refractivity contribution in [2.24, 2.45) is 5.92 Å². The van der Waals surface area contributed by atoms with Gasteiger partial charge in [-0.25, -0.2) is 0 Å². The minimum absolute atomic E-state index is 0.0190. The SMILES string of the molecule is COc1cc(CC(=O)NC[C@@H]2CN(CC(C)C)CCO2)ccc1C. The lowest BCUT2D eigenvalue weighted by atomic mass is 10.1. The number of amides is 1. The van der Waals surface area contributed by atoms with E-state index in [2.05, 4.69) is 24.1 Å². The maximum Gasteiger partial charge on any atom is 0.224 e. The predicted octanol–water partition coefficient (Wildman–Crippen LogP) is 2.02. The summed E-state index contributed by atoms with van der Waals surface area (Å²) in [4.78, 5) is 14.6. The molecule has 5 heteroatoms. The van der Waals surface area contributed by atoms with Gasteiger partial charge in [-0.1, -0.05) is 26.0 Å². The van der Waals surface area contributed by atoms with E-state index in [-0.39, 0.29) is 12.0 Å². The molecule has 0 spiro atoms. The Labute approximate surface area is 145 Å². The standard InChI is InChI=1S/C19H30N2O3/c1-14(2)12-21-7-8-24-17(13-21)11-20-19(22)10-16-6-5-15(3)18(9-16)23-4/h5-6,9,14,17H,7-8,10-13H2,1-4H3,(H,20,22)/t17-/m1/s1. The van der Waals surface area contributed by atoms with Crippen molar-refractivity contribution >= 4 is 5.91 Å². The Balaban J connectivity index is 1.78. The van der Waals surface area contributed by atoms with E-state index in [1.165, 1.54) is 0 Å². The largest absolute Gasteiger partial charge is 0.496 e. The van der Waals surface area contributed by atoms with Gasteiger partial charge in [-0.3, -0.25) is 9.69 Å². The summed E-state index contributed by atoms with van der Waals surface area (Å²) in [5.74, 6) is 1.49. The van der Waals surface area contributed by atoms with Gasteiger partial charge >= 0.3 is 0 Å². The van der Waals surface area contributed by atoms with E-state index in [9.17, 15) is 4.79 Å². The zero-order valence-corrected chi connectivity index (χ0v) is 15.3. The summed E-state index contributed by atoms with van der Waals surface area (Å²) in [6.07, 6.45) is 0.438. The van der Waals surface area contributed by atoms with Crippen LogP contribution in [0.4, 0.5) is 0 Å². The lowest BCUT2D eigenvalue weighted by Crippen LogP contribution is -2.48. The summed E-state index contributed by atoms with van der Waals surface area (Å²) in [6.45, 7) is 10.7. The first-order valence-corrected chi connectivity index (χ1v) is 8.72. The van der Waals surface area contributed by atoms with Gasteiger partial charge in [-0.2, -0.15) is 0 Å². The molecule has 1 heterocycles. The van der Waals surface area contributed by atoms with Crippen molar-refractivity contribution in [3.63, 3.8) is 0 Å². The van der Waals surface area contributed by atoms with E-state index >= 15 is 0 Å². The average molecular weight is 334 g/mol. The van der Waals surface area contributed by atoms with Gasteiger partial charge in [0.15, 0.2) is 0 Å². The second kappa shape index (κ2) is 9.04. The van der Waals surface area contributed by atoms with Crippen LogP contribution < -0.4 is 10.1 Å². The van der Waals surface area contributed by atoms with Crippen molar-refractivity contribution in [1.29, 1.82) is 0 Å². The Morgan fingerprint density at radius 3 is 2.96 bits per heavy atom. The molecule has 0 saturated carbocycles. The number of nitrogens with one attached hydrogen (secondary N) is 1. The Morgan fingerprint density at radius 2 is 2.25 bits per heavy atom. The van der Waals surface area contributed by atoms with Crippen LogP contribution in [0.25, 0.3) is 0 Å². The Kier molecular flexibility index (Phi) is 7.06. The molecule has 1 N–H and O–H groups in total. The topological polar surface area (TPSA) is 50.8 Å². The van der Waals surface area contributed by atoms with Crippen LogP contribution >= 0.6 is 0 Å². The first-order chi connectivity index (χ1) is 11.5. The van der Waals surface area contributed by atoms with E-state index in [4.69, 9.17) is 9.47 Å². The molecule has 2 rings (SSSR count). The molecule has 0 radical (unpaired) electrons. The zero-order valence-electron chi connectivity index (χ0n) is 15.3. The van der Waals surface area contributed by atoms with Gasteiger partial charge < -0.3 is 14.8 Å². The monoisotopic (exact) mass is 334 g/mol. The highest BCUT2D eigenvalue weighted by molar-refractivity contribution is 5.78. The number of carbonyl (C=O) groups is 1. The number of carbonyl (C=O) groups excluding carboxylic acids is 1. The molecule has 0 aliphatic carbocycles. The fraction of sp³-hybridized carbons (Fsp3) is 0.632. The zero-order chi connectivity index (χ0) is 17.5. The maximum atomic E-state index is 12.2. The van der Waals surface area contributed by atoms with Gasteiger partial charge in [0.2, 0.25) is 5.91 Å². The molecule has 1 aliphatic heterocycles. The Hall–Kier alpha value is -1.59. The van der Waals surface area contributed by atoms with Gasteiger partial charge in [-0.15, -0.1) is 0 Å². The molecule has 5 nitrogen and oxygen atoms in total. The maximum absolute atomic E-state index is 12.2. The summed E-state index contributed by atoms with van der Waals surface area (Å²) in [5, 5.41) is 3.00. The van der Waals surface area contributed by atoms with Crippen LogP contribution in [0, 0.1) is 12.8 Å². The molecule has 0 unspecified atom stereocenters. The molecule has 0 aromatic heterocycles. The van der Waals surface area contributed by atoms with E-state index < -0.39 is 0 Å². The molecular formula is C19H30N2O3. The third-order valence-corrected chi connectivity index (χ3v) is 4.21. The molecule has 24 heavy (non-hydrogen) atoms. The summed E-state index contributed by atoms with van der Waals surface area (Å²) < 4.78 is 11.1. The highest BCUT2D eigenvalue weighted by Crippen LogP contribution is 2.19. The summed E-state index contributed by atoms with van der Waals surface area (Å²) >= 11 is 0. The van der Waals surface area contributed by atoms with Crippen LogP contribution in [-0.2, 0) is 16.0 Å². The molecular weight excluding hydrogens is 304 g/mol. The molecule has 134 valence electrons. The number of ether oxygens (including phenoxy) is 2. The number of aryl methyl sites for hydroxylation is 1. The number of hydrogen-bond acceptors (Lipinski definition) is 4. The molecule has 1 saturated heterocycles. The van der Waals surface area contributed by atoms with E-state index in [0.717, 1.165) is 43.1 Å². The van der Waals surface area contributed by atoms with E-state index in [1.807, 2.05) is 25.1 Å². The van der Waals surface area contributed by atoms with Gasteiger partial charge in [0.05, 0.1) is 26.2 Å². The molecule has 0 bridgehead atoms. The number of methoxy groups -OCH3 is 1. The second-order valence-electron chi connectivity index (χ2n) is 6.93. The predicted molar refractivity (Wildman–Crippen MR) is 95.5 cm³/mol. The van der Waals surface area contributed by atoms with Crippen molar-refractivity contribution in [1.82, 2.24) is 10.2 Å². The van der Waals surface area contributed by atoms with Gasteiger partial charge in [0.1, 0.15) is 5.75 Å². The minimum Gasteiger partial charge on any atom is -0.496 e. The first kappa shape index (κ1) is 18.7. The van der Waals surface area contributed by atoms with Crippen molar-refractivity contribution in [2.75, 3.05) is 39.9 Å². The molecule has 1 atom stereocenters. The quantitative estimate of drug-likeness (QED) is 0.829. The first-order valence-electron chi connectivity index (χ1n) is 8.72. The Bertz CT molecular complexity index is 545. The number of hydrogen-bond donors (Lipinski definition) is 1. The molecule has 1 amide bonds. The number of benzene rings is 1. The molecule has 1 fully saturated rings. The molecule has 1 aromatic carbocycles. The smallest absolute Gasteiger partial charge is 0.224 e. The number of morpholine rings is 1. The van der Waals surface area contributed by atoms with Gasteiger partial charge in [0, 0.05) is 26.2 Å². The highest BCUT2D eigenvalue weighted by atomic mass is 16.5. The van der Waals surface area contributed by atoms with Crippen molar-refractivity contribution in [3.05, 3.63) is 29.3 Å². The van der Waals surface area contributed by atoms with E-state index in [1.54, 1.807) is 7.11 Å². The van der Waals surface area contributed by atoms with Gasteiger partial charge in [0.25, 0.3) is 0 Å². The van der Waals surface area contributed by atoms with Crippen molar-refractivity contribution in [2.45, 2.75) is 33.3 Å². The van der Waals surface area contributed by atoms with Crippen LogP contribution in [0.1, 0.15) is 25.0 Å². The fourth-order valence-corrected chi connectivity index (χ4v) is 3.04. The van der Waals surface area contributed by atoms with Gasteiger partial charge in [-0.05, 0) is 30.0 Å². The van der Waals surface area contributed by atoms with Crippen LogP contribution in [0.2, 0.25) is 0 Å². The van der Waals surface area contributed by atoms with Crippen LogP contribution in [-0.4, -0.2) is 56.8 Å². The fourth-order valence-electron chi connectivity index (χ4n) is 3.04. The number of rotatable bonds is 7. The van der Waals surface area contributed by atoms with Crippen molar-refractivity contribution in [3.8, 4) is 5.75 Å². The third kappa shape index (κ3) is 5.80. The van der Waals surface area contributed by atoms with Crippen LogP contribution in [0.3, 0.4) is 0 Å². The van der Waals surface area contributed by atoms with Crippen LogP contribution in [0.5, 0.6) is 5.75 Å². The average Bonchev–Trinajstić information content (AvgIpc) is 2.54. The minimum atomic E-state index is 0.0190. The summed E-state index contributed by atoms with van der Waals surface area (Å²) in [7, 11) is 1.65. The van der Waals surface area contributed by atoms with Crippen LogP contribution in [0.15, 0.2) is 18.2 Å². The number of nitrogens with zero attached hydrogens (tertiary/aromatic N) is 1. The highest BCUT2D eigenvalue weighted by Gasteiger charge is 2.21. The third-order valence-electron chi connectivity index (χ3n) is 4.21.